The Balaban J connectivity index is 3.04. The predicted molar refractivity (Wildman–Crippen MR) is 72.4 cm³/mol. The number of imide groups is 1. The second-order valence-corrected chi connectivity index (χ2v) is 4.23. The Bertz CT molecular complexity index is 563. The molecule has 0 aromatic heterocycles. The van der Waals surface area contributed by atoms with Crippen LogP contribution in [0, 0.1) is 5.39 Å². The monoisotopic (exact) mass is 310 g/mol. The van der Waals surface area contributed by atoms with Crippen molar-refractivity contribution in [3.63, 3.8) is 0 Å². The molecule has 1 fully saturated rings. The second kappa shape index (κ2) is 7.78. The maximum absolute atomic E-state index is 12.2. The van der Waals surface area contributed by atoms with Gasteiger partial charge in [0.05, 0.1) is 6.61 Å². The lowest BCUT2D eigenvalue weighted by molar-refractivity contribution is -0.155. The number of hydrogen-bond acceptors (Lipinski definition) is 7. The van der Waals surface area contributed by atoms with Crippen molar-refractivity contribution in [3.8, 4) is 0 Å². The molecule has 1 aliphatic rings. The molecule has 2 amide bonds. The van der Waals surface area contributed by atoms with Crippen LogP contribution in [0.3, 0.4) is 0 Å². The van der Waals surface area contributed by atoms with Gasteiger partial charge in [0.2, 0.25) is 11.3 Å². The van der Waals surface area contributed by atoms with Crippen LogP contribution in [0.15, 0.2) is 24.3 Å². The lowest BCUT2D eigenvalue weighted by atomic mass is 10.2. The van der Waals surface area contributed by atoms with Gasteiger partial charge in [-0.2, -0.15) is 0 Å². The van der Waals surface area contributed by atoms with E-state index in [1.165, 1.54) is 13.0 Å². The molecular formula is C13H16N3O6+. The summed E-state index contributed by atoms with van der Waals surface area (Å²) in [6.07, 6.45) is 1.37. The normalized spacial score (nSPS) is 18.3. The van der Waals surface area contributed by atoms with E-state index >= 15 is 0 Å². The van der Waals surface area contributed by atoms with Crippen molar-refractivity contribution in [3.05, 3.63) is 29.3 Å². The van der Waals surface area contributed by atoms with Gasteiger partial charge in [0.1, 0.15) is 12.6 Å². The summed E-state index contributed by atoms with van der Waals surface area (Å²) < 4.78 is 9.48. The largest absolute Gasteiger partial charge is 0.528 e. The van der Waals surface area contributed by atoms with Crippen molar-refractivity contribution in [2.75, 3.05) is 13.2 Å². The molecule has 1 saturated heterocycles. The zero-order chi connectivity index (χ0) is 16.7. The quantitative estimate of drug-likeness (QED) is 0.254. The Morgan fingerprint density at radius 1 is 1.55 bits per heavy atom. The molecule has 118 valence electrons. The van der Waals surface area contributed by atoms with Crippen molar-refractivity contribution in [2.45, 2.75) is 25.8 Å². The molecule has 1 unspecified atom stereocenters. The molecule has 1 rings (SSSR count). The Morgan fingerprint density at radius 2 is 2.23 bits per heavy atom. The third-order valence-corrected chi connectivity index (χ3v) is 2.83. The number of aliphatic hydroxyl groups is 1. The first-order chi connectivity index (χ1) is 10.5. The molecule has 0 radical (unpaired) electrons. The zero-order valence-corrected chi connectivity index (χ0v) is 12.0. The molecule has 1 heterocycles. The van der Waals surface area contributed by atoms with Gasteiger partial charge in [-0.3, -0.25) is 14.5 Å². The summed E-state index contributed by atoms with van der Waals surface area (Å²) in [6.45, 7) is 4.86. The average Bonchev–Trinajstić information content (AvgIpc) is 2.87. The number of ether oxygens (including phenoxy) is 2. The summed E-state index contributed by atoms with van der Waals surface area (Å²) in [4.78, 5) is 39.1. The van der Waals surface area contributed by atoms with Crippen LogP contribution < -0.4 is 0 Å². The standard InChI is InChI=1S/C13H15N3O6/c1-3-7-22-12(19)8-5-6-9(17)16(8)11(18)10(15-14)13(20)21-4-2/h3,8H,1,4-7H2,2H3/p+1. The zero-order valence-electron chi connectivity index (χ0n) is 12.0. The van der Waals surface area contributed by atoms with E-state index in [1.807, 2.05) is 0 Å². The molecule has 9 heteroatoms. The fraction of sp³-hybridized carbons (Fsp3) is 0.462. The average molecular weight is 310 g/mol. The van der Waals surface area contributed by atoms with Gasteiger partial charge in [0.25, 0.3) is 0 Å². The highest BCUT2D eigenvalue weighted by atomic mass is 16.6. The lowest BCUT2D eigenvalue weighted by Gasteiger charge is -2.18. The Morgan fingerprint density at radius 3 is 2.77 bits per heavy atom. The van der Waals surface area contributed by atoms with E-state index in [0.717, 1.165) is 0 Å². The molecule has 9 nitrogen and oxygen atoms in total. The highest BCUT2D eigenvalue weighted by Crippen LogP contribution is 2.23. The first kappa shape index (κ1) is 17.2. The minimum Gasteiger partial charge on any atom is -0.475 e. The van der Waals surface area contributed by atoms with Gasteiger partial charge in [0, 0.05) is 6.42 Å². The molecule has 22 heavy (non-hydrogen) atoms. The minimum atomic E-state index is -1.15. The van der Waals surface area contributed by atoms with Crippen LogP contribution in [0.5, 0.6) is 0 Å². The molecule has 1 aliphatic heterocycles. The fourth-order valence-electron chi connectivity index (χ4n) is 1.90. The topological polar surface area (TPSA) is 121 Å². The van der Waals surface area contributed by atoms with Crippen LogP contribution in [-0.4, -0.2) is 47.0 Å². The maximum Gasteiger partial charge on any atom is 0.528 e. The Labute approximate surface area is 126 Å². The SMILES string of the molecule is C=CCOC(=O)C1CCC(=O)N1C(=O)/C([N+]#N)=C(\O)OCC. The molecule has 1 N–H and O–H groups in total. The van der Waals surface area contributed by atoms with Gasteiger partial charge in [-0.15, -0.1) is 0 Å². The highest BCUT2D eigenvalue weighted by molar-refractivity contribution is 6.09. The van der Waals surface area contributed by atoms with E-state index in [9.17, 15) is 19.5 Å². The summed E-state index contributed by atoms with van der Waals surface area (Å²) in [5.74, 6) is -3.51. The van der Waals surface area contributed by atoms with Gasteiger partial charge < -0.3 is 14.6 Å². The Hall–Kier alpha value is -2.89. The minimum absolute atomic E-state index is 0.0108. The van der Waals surface area contributed by atoms with Crippen LogP contribution >= 0.6 is 0 Å². The number of rotatable bonds is 6. The third-order valence-electron chi connectivity index (χ3n) is 2.83. The van der Waals surface area contributed by atoms with Crippen LogP contribution in [0.1, 0.15) is 19.8 Å². The highest BCUT2D eigenvalue weighted by Gasteiger charge is 2.47. The first-order valence-electron chi connectivity index (χ1n) is 6.52. The van der Waals surface area contributed by atoms with E-state index in [0.29, 0.717) is 4.90 Å². The van der Waals surface area contributed by atoms with E-state index in [-0.39, 0.29) is 26.1 Å². The molecule has 0 bridgehead atoms. The molecule has 0 aliphatic carbocycles. The summed E-state index contributed by atoms with van der Waals surface area (Å²) in [6, 6.07) is -1.15. The predicted octanol–water partition coefficient (Wildman–Crippen LogP) is 0.850. The van der Waals surface area contributed by atoms with Crippen molar-refractivity contribution in [2.24, 2.45) is 0 Å². The molecule has 0 saturated carbocycles. The Kier molecular flexibility index (Phi) is 6.07. The number of carbonyl (C=O) groups is 3. The smallest absolute Gasteiger partial charge is 0.475 e. The number of amides is 2. The van der Waals surface area contributed by atoms with Gasteiger partial charge in [-0.05, 0) is 13.3 Å². The van der Waals surface area contributed by atoms with Crippen LogP contribution in [-0.2, 0) is 23.9 Å². The molecule has 0 aromatic carbocycles. The van der Waals surface area contributed by atoms with Crippen LogP contribution in [0.25, 0.3) is 4.98 Å². The molecular weight excluding hydrogens is 294 g/mol. The van der Waals surface area contributed by atoms with Gasteiger partial charge in [-0.1, -0.05) is 12.7 Å². The third kappa shape index (κ3) is 3.60. The molecule has 1 atom stereocenters. The van der Waals surface area contributed by atoms with Crippen molar-refractivity contribution in [1.29, 1.82) is 5.39 Å². The molecule has 0 aromatic rings. The van der Waals surface area contributed by atoms with Crippen molar-refractivity contribution in [1.82, 2.24) is 4.90 Å². The number of esters is 1. The summed E-state index contributed by atoms with van der Waals surface area (Å²) in [7, 11) is 0. The van der Waals surface area contributed by atoms with E-state index in [4.69, 9.17) is 10.1 Å². The summed E-state index contributed by atoms with van der Waals surface area (Å²) in [5.41, 5.74) is -0.862. The second-order valence-electron chi connectivity index (χ2n) is 4.23. The number of aliphatic hydroxyl groups excluding tert-OH is 1. The van der Waals surface area contributed by atoms with Gasteiger partial charge in [0.15, 0.2) is 4.98 Å². The lowest BCUT2D eigenvalue weighted by Crippen LogP contribution is -2.44. The number of hydrogen-bond donors (Lipinski definition) is 1. The van der Waals surface area contributed by atoms with Crippen LogP contribution in [0.4, 0.5) is 0 Å². The van der Waals surface area contributed by atoms with Crippen LogP contribution in [0.2, 0.25) is 0 Å². The number of carbonyl (C=O) groups excluding carboxylic acids is 3. The van der Waals surface area contributed by atoms with E-state index in [2.05, 4.69) is 16.3 Å². The van der Waals surface area contributed by atoms with E-state index in [1.54, 1.807) is 0 Å². The van der Waals surface area contributed by atoms with Crippen molar-refractivity contribution < 1.29 is 29.0 Å². The molecule has 0 spiro atoms. The number of likely N-dealkylation sites (tertiary alicyclic amines) is 1. The maximum atomic E-state index is 12.2. The van der Waals surface area contributed by atoms with Gasteiger partial charge in [-0.25, -0.2) is 4.79 Å². The van der Waals surface area contributed by atoms with Crippen molar-refractivity contribution >= 4 is 17.8 Å². The number of nitrogens with zero attached hydrogens (tertiary/aromatic N) is 3. The summed E-state index contributed by atoms with van der Waals surface area (Å²) >= 11 is 0. The first-order valence-corrected chi connectivity index (χ1v) is 6.52. The van der Waals surface area contributed by atoms with E-state index < -0.39 is 35.5 Å². The fourth-order valence-corrected chi connectivity index (χ4v) is 1.90. The number of diazo groups is 1. The summed E-state index contributed by atoms with van der Waals surface area (Å²) in [5, 5.41) is 18.4. The van der Waals surface area contributed by atoms with Gasteiger partial charge >= 0.3 is 23.5 Å².